The van der Waals surface area contributed by atoms with Crippen LogP contribution in [0.4, 0.5) is 13.2 Å². The van der Waals surface area contributed by atoms with E-state index in [0.29, 0.717) is 40.1 Å². The van der Waals surface area contributed by atoms with Crippen LogP contribution in [0.3, 0.4) is 0 Å². The lowest BCUT2D eigenvalue weighted by atomic mass is 9.53. The zero-order valence-electron chi connectivity index (χ0n) is 44.8. The van der Waals surface area contributed by atoms with Gasteiger partial charge in [0.15, 0.2) is 0 Å². The van der Waals surface area contributed by atoms with Crippen molar-refractivity contribution in [2.24, 2.45) is 0 Å². The standard InChI is InChI=1S/C72H66Cl2F3N/c1-4-7-9-12-49-14-26-59(27-15-49)71(65-42-21-50(11-6-3)45-69(65)76)72(61-35-28-56(29-36-61)55-24-18-53(48-78)19-25-55,62-37-30-58(31-38-62)60-34-43-67(74)70(77)47-60)66(64-41-20-51(46-68(64)75)13-10-8-5-2)44-52-16-22-54(23-17-52)57-32-39-63(73)40-33-57/h14-43,45-47,66,71H,4-13,44H2,1-3H3. The van der Waals surface area contributed by atoms with E-state index in [9.17, 15) is 5.26 Å². The van der Waals surface area contributed by atoms with Gasteiger partial charge in [-0.1, -0.05) is 228 Å². The molecule has 0 bridgehead atoms. The van der Waals surface area contributed by atoms with Crippen LogP contribution < -0.4 is 0 Å². The summed E-state index contributed by atoms with van der Waals surface area (Å²) >= 11 is 12.6. The minimum absolute atomic E-state index is 0.0347. The van der Waals surface area contributed by atoms with Crippen LogP contribution >= 0.6 is 23.2 Å². The highest BCUT2D eigenvalue weighted by atomic mass is 35.5. The minimum Gasteiger partial charge on any atom is -0.207 e. The second kappa shape index (κ2) is 26.0. The highest BCUT2D eigenvalue weighted by Gasteiger charge is 2.51. The van der Waals surface area contributed by atoms with E-state index in [1.807, 2.05) is 78.9 Å². The van der Waals surface area contributed by atoms with E-state index < -0.39 is 23.1 Å². The number of aryl methyl sites for hydroxylation is 3. The first kappa shape index (κ1) is 55.6. The van der Waals surface area contributed by atoms with Crippen molar-refractivity contribution in [1.29, 1.82) is 5.26 Å². The minimum atomic E-state index is -1.27. The third kappa shape index (κ3) is 12.6. The molecular weight excluding hydrogens is 1010 g/mol. The fourth-order valence-electron chi connectivity index (χ4n) is 11.6. The summed E-state index contributed by atoms with van der Waals surface area (Å²) in [5, 5.41) is 10.4. The average molecular weight is 1070 g/mol. The van der Waals surface area contributed by atoms with E-state index in [4.69, 9.17) is 23.2 Å². The van der Waals surface area contributed by atoms with Crippen molar-refractivity contribution in [3.05, 3.63) is 283 Å². The lowest BCUT2D eigenvalue weighted by molar-refractivity contribution is 0.347. The van der Waals surface area contributed by atoms with Gasteiger partial charge in [-0.25, -0.2) is 13.2 Å². The van der Waals surface area contributed by atoms with Gasteiger partial charge in [-0.2, -0.15) is 5.26 Å². The fourth-order valence-corrected chi connectivity index (χ4v) is 11.8. The summed E-state index contributed by atoms with van der Waals surface area (Å²) in [4.78, 5) is 0. The number of nitrogens with zero attached hydrogens (tertiary/aromatic N) is 1. The number of hydrogen-bond donors (Lipinski definition) is 0. The van der Waals surface area contributed by atoms with Crippen molar-refractivity contribution in [3.63, 3.8) is 0 Å². The fraction of sp³-hybridized carbons (Fsp3) is 0.236. The van der Waals surface area contributed by atoms with Crippen molar-refractivity contribution in [3.8, 4) is 39.4 Å². The topological polar surface area (TPSA) is 23.8 Å². The monoisotopic (exact) mass is 1070 g/mol. The zero-order chi connectivity index (χ0) is 54.6. The van der Waals surface area contributed by atoms with Gasteiger partial charge in [0.25, 0.3) is 0 Å². The molecule has 1 nitrogen and oxygen atoms in total. The second-order valence-electron chi connectivity index (χ2n) is 20.9. The van der Waals surface area contributed by atoms with Gasteiger partial charge in [0, 0.05) is 22.3 Å². The number of hydrogen-bond acceptors (Lipinski definition) is 1. The van der Waals surface area contributed by atoms with Crippen molar-refractivity contribution in [2.75, 3.05) is 0 Å². The third-order valence-corrected chi connectivity index (χ3v) is 16.3. The molecule has 0 aliphatic rings. The molecule has 0 aromatic heterocycles. The molecule has 9 aromatic rings. The molecule has 0 N–H and O–H groups in total. The van der Waals surface area contributed by atoms with Crippen LogP contribution in [0.1, 0.15) is 133 Å². The molecule has 9 aromatic carbocycles. The van der Waals surface area contributed by atoms with Crippen molar-refractivity contribution < 1.29 is 13.2 Å². The largest absolute Gasteiger partial charge is 0.207 e. The normalized spacial score (nSPS) is 12.9. The lowest BCUT2D eigenvalue weighted by Gasteiger charge is -2.49. The molecule has 0 radical (unpaired) electrons. The van der Waals surface area contributed by atoms with Crippen molar-refractivity contribution in [2.45, 2.75) is 109 Å². The van der Waals surface area contributed by atoms with Gasteiger partial charge in [0.2, 0.25) is 0 Å². The van der Waals surface area contributed by atoms with E-state index in [1.54, 1.807) is 18.2 Å². The maximum Gasteiger partial charge on any atom is 0.142 e. The predicted octanol–water partition coefficient (Wildman–Crippen LogP) is 20.8. The van der Waals surface area contributed by atoms with Crippen LogP contribution in [-0.4, -0.2) is 0 Å². The summed E-state index contributed by atoms with van der Waals surface area (Å²) in [6.07, 6.45) is 9.90. The van der Waals surface area contributed by atoms with Crippen LogP contribution in [0.25, 0.3) is 33.4 Å². The summed E-state index contributed by atoms with van der Waals surface area (Å²) in [6.45, 7) is 6.48. The molecule has 9 rings (SSSR count). The summed E-state index contributed by atoms with van der Waals surface area (Å²) in [6, 6.07) is 67.7. The molecule has 6 heteroatoms. The highest BCUT2D eigenvalue weighted by Crippen LogP contribution is 2.58. The molecule has 0 amide bonds. The Bertz CT molecular complexity index is 3450. The zero-order valence-corrected chi connectivity index (χ0v) is 46.3. The Hall–Kier alpha value is -7.16. The molecule has 3 unspecified atom stereocenters. The molecule has 0 saturated carbocycles. The van der Waals surface area contributed by atoms with Gasteiger partial charge in [-0.05, 0) is 171 Å². The Labute approximate surface area is 470 Å². The molecular formula is C72H66Cl2F3N. The number of rotatable bonds is 22. The number of nitriles is 1. The molecule has 0 spiro atoms. The van der Waals surface area contributed by atoms with Gasteiger partial charge in [0.05, 0.1) is 16.7 Å². The first-order chi connectivity index (χ1) is 38.0. The molecule has 0 heterocycles. The molecule has 3 atom stereocenters. The predicted molar refractivity (Wildman–Crippen MR) is 319 cm³/mol. The quantitative estimate of drug-likeness (QED) is 0.0621. The number of unbranched alkanes of at least 4 members (excludes halogenated alkanes) is 4. The van der Waals surface area contributed by atoms with Crippen LogP contribution in [0, 0.1) is 28.8 Å². The van der Waals surface area contributed by atoms with E-state index >= 15 is 13.2 Å². The van der Waals surface area contributed by atoms with Crippen LogP contribution in [0.15, 0.2) is 200 Å². The number of benzene rings is 9. The Kier molecular flexibility index (Phi) is 18.5. The molecule has 0 saturated heterocycles. The van der Waals surface area contributed by atoms with E-state index in [0.717, 1.165) is 119 Å². The van der Waals surface area contributed by atoms with Gasteiger partial charge in [-0.15, -0.1) is 0 Å². The average Bonchev–Trinajstić information content (AvgIpc) is 3.43. The van der Waals surface area contributed by atoms with Crippen LogP contribution in [-0.2, 0) is 31.1 Å². The maximum atomic E-state index is 18.2. The summed E-state index contributed by atoms with van der Waals surface area (Å²) in [5.74, 6) is -2.61. The van der Waals surface area contributed by atoms with Crippen molar-refractivity contribution in [1.82, 2.24) is 0 Å². The van der Waals surface area contributed by atoms with E-state index in [1.165, 1.54) is 11.6 Å². The Morgan fingerprint density at radius 1 is 0.423 bits per heavy atom. The summed E-state index contributed by atoms with van der Waals surface area (Å²) in [7, 11) is 0. The SMILES string of the molecule is CCCCCc1ccc(C(c2ccc(CCC)cc2F)C(c2ccc(-c3ccc(C#N)cc3)cc2)(c2ccc(-c3ccc(Cl)c(F)c3)cc2)C(Cc2ccc(-c3ccc(Cl)cc3)cc2)c2ccc(CCCCC)cc2F)cc1. The lowest BCUT2D eigenvalue weighted by Crippen LogP contribution is -2.43. The second-order valence-corrected chi connectivity index (χ2v) is 21.7. The number of halogens is 5. The summed E-state index contributed by atoms with van der Waals surface area (Å²) in [5.41, 5.74) is 12.2. The highest BCUT2D eigenvalue weighted by molar-refractivity contribution is 6.31. The first-order valence-corrected chi connectivity index (χ1v) is 28.5. The van der Waals surface area contributed by atoms with Gasteiger partial charge in [-0.3, -0.25) is 0 Å². The Morgan fingerprint density at radius 3 is 1.38 bits per heavy atom. The van der Waals surface area contributed by atoms with E-state index in [2.05, 4.69) is 124 Å². The first-order valence-electron chi connectivity index (χ1n) is 27.7. The molecule has 0 aliphatic carbocycles. The van der Waals surface area contributed by atoms with Gasteiger partial charge < -0.3 is 0 Å². The Morgan fingerprint density at radius 2 is 0.872 bits per heavy atom. The molecule has 0 aliphatic heterocycles. The maximum absolute atomic E-state index is 18.2. The third-order valence-electron chi connectivity index (χ3n) is 15.7. The smallest absolute Gasteiger partial charge is 0.142 e. The van der Waals surface area contributed by atoms with E-state index in [-0.39, 0.29) is 16.7 Å². The van der Waals surface area contributed by atoms with Gasteiger partial charge >= 0.3 is 0 Å². The summed E-state index contributed by atoms with van der Waals surface area (Å²) < 4.78 is 51.6. The van der Waals surface area contributed by atoms with Crippen molar-refractivity contribution >= 4 is 23.2 Å². The molecule has 78 heavy (non-hydrogen) atoms. The van der Waals surface area contributed by atoms with Gasteiger partial charge in [0.1, 0.15) is 17.5 Å². The molecule has 0 fully saturated rings. The van der Waals surface area contributed by atoms with Crippen LogP contribution in [0.5, 0.6) is 0 Å². The molecule has 394 valence electrons. The Balaban J connectivity index is 1.39. The van der Waals surface area contributed by atoms with Crippen LogP contribution in [0.2, 0.25) is 10.0 Å².